The normalized spacial score (nSPS) is 12.2. The average molecular weight is 399 g/mol. The van der Waals surface area contributed by atoms with Gasteiger partial charge in [-0.3, -0.25) is 9.59 Å². The minimum Gasteiger partial charge on any atom is -0.481 e. The first-order chi connectivity index (χ1) is 12.7. The predicted octanol–water partition coefficient (Wildman–Crippen LogP) is 6.58. The first-order valence-electron chi connectivity index (χ1n) is 10.7. The molecule has 27 heavy (non-hydrogen) atoms. The highest BCUT2D eigenvalue weighted by Crippen LogP contribution is 2.18. The van der Waals surface area contributed by atoms with E-state index < -0.39 is 14.0 Å². The Hall–Kier alpha value is -1.10. The third-order valence-electron chi connectivity index (χ3n) is 4.50. The first-order valence-corrected chi connectivity index (χ1v) is 14.4. The lowest BCUT2D eigenvalue weighted by atomic mass is 10.0. The SMILES string of the molecule is CC(=O)OC/C(=C/CCCCCCCCCCCCC(=O)O)C[Si](C)(C)C. The first kappa shape index (κ1) is 25.9. The monoisotopic (exact) mass is 398 g/mol. The molecule has 0 saturated heterocycles. The summed E-state index contributed by atoms with van der Waals surface area (Å²) in [6.45, 7) is 8.98. The van der Waals surface area contributed by atoms with E-state index in [-0.39, 0.29) is 5.97 Å². The maximum absolute atomic E-state index is 11.1. The topological polar surface area (TPSA) is 63.6 Å². The molecule has 0 aliphatic heterocycles. The minimum atomic E-state index is -1.19. The zero-order chi connectivity index (χ0) is 20.5. The van der Waals surface area contributed by atoms with E-state index in [0.717, 1.165) is 25.3 Å². The van der Waals surface area contributed by atoms with Crippen LogP contribution in [0.1, 0.15) is 84.0 Å². The second-order valence-corrected chi connectivity index (χ2v) is 14.3. The van der Waals surface area contributed by atoms with Gasteiger partial charge >= 0.3 is 11.9 Å². The van der Waals surface area contributed by atoms with Crippen LogP contribution in [-0.4, -0.2) is 31.7 Å². The van der Waals surface area contributed by atoms with Crippen LogP contribution < -0.4 is 0 Å². The molecule has 0 aliphatic carbocycles. The predicted molar refractivity (Wildman–Crippen MR) is 116 cm³/mol. The van der Waals surface area contributed by atoms with Gasteiger partial charge in [0.05, 0.1) is 0 Å². The van der Waals surface area contributed by atoms with Crippen molar-refractivity contribution in [1.29, 1.82) is 0 Å². The van der Waals surface area contributed by atoms with Gasteiger partial charge in [-0.1, -0.05) is 77.1 Å². The summed E-state index contributed by atoms with van der Waals surface area (Å²) in [4.78, 5) is 21.5. The van der Waals surface area contributed by atoms with E-state index in [1.54, 1.807) is 0 Å². The van der Waals surface area contributed by atoms with Crippen molar-refractivity contribution < 1.29 is 19.4 Å². The molecule has 0 spiro atoms. The third-order valence-corrected chi connectivity index (χ3v) is 6.01. The number of rotatable bonds is 17. The molecule has 0 fully saturated rings. The van der Waals surface area contributed by atoms with E-state index in [1.165, 1.54) is 63.9 Å². The molecule has 0 amide bonds. The molecule has 0 saturated carbocycles. The molecular formula is C22H42O4Si. The number of unbranched alkanes of at least 4 members (excludes halogenated alkanes) is 10. The van der Waals surface area contributed by atoms with Crippen molar-refractivity contribution in [3.05, 3.63) is 11.6 Å². The summed E-state index contributed by atoms with van der Waals surface area (Å²) in [5, 5.41) is 8.58. The molecule has 0 radical (unpaired) electrons. The Labute approximate surface area is 167 Å². The molecule has 0 aliphatic rings. The van der Waals surface area contributed by atoms with Gasteiger partial charge in [-0.15, -0.1) is 0 Å². The number of carboxylic acid groups (broad SMARTS) is 1. The van der Waals surface area contributed by atoms with Crippen molar-refractivity contribution >= 4 is 20.0 Å². The average Bonchev–Trinajstić information content (AvgIpc) is 2.55. The van der Waals surface area contributed by atoms with Gasteiger partial charge in [-0.05, 0) is 30.9 Å². The molecular weight excluding hydrogens is 356 g/mol. The number of esters is 1. The number of carbonyl (C=O) groups excluding carboxylic acids is 1. The van der Waals surface area contributed by atoms with Gasteiger partial charge in [0, 0.05) is 21.4 Å². The van der Waals surface area contributed by atoms with Crippen molar-refractivity contribution in [3.8, 4) is 0 Å². The second-order valence-electron chi connectivity index (χ2n) is 8.85. The number of hydrogen-bond acceptors (Lipinski definition) is 3. The zero-order valence-electron chi connectivity index (χ0n) is 18.1. The fourth-order valence-corrected chi connectivity index (χ4v) is 4.81. The summed E-state index contributed by atoms with van der Waals surface area (Å²) in [5.41, 5.74) is 1.30. The number of carboxylic acids is 1. The van der Waals surface area contributed by atoms with Crippen LogP contribution in [-0.2, 0) is 14.3 Å². The van der Waals surface area contributed by atoms with Crippen LogP contribution in [0.15, 0.2) is 11.6 Å². The number of carbonyl (C=O) groups is 2. The van der Waals surface area contributed by atoms with Gasteiger partial charge in [0.15, 0.2) is 0 Å². The Morgan fingerprint density at radius 1 is 0.852 bits per heavy atom. The summed E-state index contributed by atoms with van der Waals surface area (Å²) in [5.74, 6) is -0.873. The fraction of sp³-hybridized carbons (Fsp3) is 0.818. The van der Waals surface area contributed by atoms with Crippen LogP contribution in [0.4, 0.5) is 0 Å². The lowest BCUT2D eigenvalue weighted by Crippen LogP contribution is -2.21. The molecule has 0 rings (SSSR count). The fourth-order valence-electron chi connectivity index (χ4n) is 3.20. The quantitative estimate of drug-likeness (QED) is 0.130. The lowest BCUT2D eigenvalue weighted by molar-refractivity contribution is -0.140. The van der Waals surface area contributed by atoms with Crippen molar-refractivity contribution in [1.82, 2.24) is 0 Å². The number of ether oxygens (including phenoxy) is 1. The van der Waals surface area contributed by atoms with Gasteiger partial charge in [-0.25, -0.2) is 0 Å². The smallest absolute Gasteiger partial charge is 0.303 e. The standard InChI is InChI=1S/C22H42O4Si/c1-20(23)26-18-21(19-27(2,3)4)16-14-12-10-8-6-5-7-9-11-13-15-17-22(24)25/h16H,5-15,17-19H2,1-4H3,(H,24,25)/b21-16-. The molecule has 0 heterocycles. The molecule has 1 N–H and O–H groups in total. The summed E-state index contributed by atoms with van der Waals surface area (Å²) in [7, 11) is -1.19. The molecule has 0 aromatic heterocycles. The zero-order valence-corrected chi connectivity index (χ0v) is 19.1. The summed E-state index contributed by atoms with van der Waals surface area (Å²) in [6.07, 6.45) is 15.6. The maximum Gasteiger partial charge on any atom is 0.303 e. The molecule has 4 nitrogen and oxygen atoms in total. The van der Waals surface area contributed by atoms with Crippen LogP contribution >= 0.6 is 0 Å². The summed E-state index contributed by atoms with van der Waals surface area (Å²) < 4.78 is 5.21. The van der Waals surface area contributed by atoms with Crippen molar-refractivity contribution in [2.45, 2.75) is 110 Å². The third kappa shape index (κ3) is 21.1. The molecule has 0 atom stereocenters. The molecule has 158 valence electrons. The highest BCUT2D eigenvalue weighted by atomic mass is 28.3. The van der Waals surface area contributed by atoms with Gasteiger partial charge in [-0.2, -0.15) is 0 Å². The van der Waals surface area contributed by atoms with E-state index in [1.807, 2.05) is 0 Å². The van der Waals surface area contributed by atoms with Gasteiger partial charge in [0.25, 0.3) is 0 Å². The van der Waals surface area contributed by atoms with Gasteiger partial charge in [0.1, 0.15) is 6.61 Å². The molecule has 0 bridgehead atoms. The number of aliphatic carboxylic acids is 1. The minimum absolute atomic E-state index is 0.196. The van der Waals surface area contributed by atoms with Crippen molar-refractivity contribution in [2.75, 3.05) is 6.61 Å². The molecule has 0 aromatic rings. The molecule has 0 unspecified atom stereocenters. The Balaban J connectivity index is 3.68. The maximum atomic E-state index is 11.1. The van der Waals surface area contributed by atoms with E-state index in [4.69, 9.17) is 9.84 Å². The Morgan fingerprint density at radius 2 is 1.33 bits per heavy atom. The van der Waals surface area contributed by atoms with Crippen LogP contribution in [0, 0.1) is 0 Å². The lowest BCUT2D eigenvalue weighted by Gasteiger charge is -2.18. The highest BCUT2D eigenvalue weighted by Gasteiger charge is 2.16. The van der Waals surface area contributed by atoms with E-state index in [2.05, 4.69) is 25.7 Å². The van der Waals surface area contributed by atoms with E-state index >= 15 is 0 Å². The van der Waals surface area contributed by atoms with E-state index in [9.17, 15) is 9.59 Å². The Morgan fingerprint density at radius 3 is 1.78 bits per heavy atom. The van der Waals surface area contributed by atoms with Gasteiger partial charge < -0.3 is 9.84 Å². The Bertz CT molecular complexity index is 438. The van der Waals surface area contributed by atoms with Crippen LogP contribution in [0.25, 0.3) is 0 Å². The summed E-state index contributed by atoms with van der Waals surface area (Å²) >= 11 is 0. The molecule has 0 aromatic carbocycles. The van der Waals surface area contributed by atoms with Crippen LogP contribution in [0.3, 0.4) is 0 Å². The summed E-state index contributed by atoms with van der Waals surface area (Å²) in [6, 6.07) is 1.10. The van der Waals surface area contributed by atoms with Crippen LogP contribution in [0.5, 0.6) is 0 Å². The second kappa shape index (κ2) is 15.9. The number of hydrogen-bond donors (Lipinski definition) is 1. The van der Waals surface area contributed by atoms with E-state index in [0.29, 0.717) is 13.0 Å². The molecule has 5 heteroatoms. The van der Waals surface area contributed by atoms with Gasteiger partial charge in [0.2, 0.25) is 0 Å². The van der Waals surface area contributed by atoms with Crippen molar-refractivity contribution in [2.24, 2.45) is 0 Å². The Kier molecular flexibility index (Phi) is 15.3. The van der Waals surface area contributed by atoms with Crippen molar-refractivity contribution in [3.63, 3.8) is 0 Å². The highest BCUT2D eigenvalue weighted by molar-refractivity contribution is 6.76. The largest absolute Gasteiger partial charge is 0.481 e. The number of allylic oxidation sites excluding steroid dienone is 1. The van der Waals surface area contributed by atoms with Crippen LogP contribution in [0.2, 0.25) is 25.7 Å².